The van der Waals surface area contributed by atoms with Crippen LogP contribution >= 0.6 is 0 Å². The molecular formula is C31H37N3O5. The molecular weight excluding hydrogens is 494 g/mol. The van der Waals surface area contributed by atoms with Gasteiger partial charge in [-0.3, -0.25) is 14.4 Å². The number of carboxylic acid groups (broad SMARTS) is 1. The molecule has 2 amide bonds. The van der Waals surface area contributed by atoms with E-state index in [2.05, 4.69) is 10.4 Å². The van der Waals surface area contributed by atoms with E-state index in [9.17, 15) is 19.5 Å². The van der Waals surface area contributed by atoms with Crippen LogP contribution in [-0.4, -0.2) is 46.9 Å². The second kappa shape index (κ2) is 12.0. The minimum absolute atomic E-state index is 0.0486. The molecule has 2 N–H and O–H groups in total. The van der Waals surface area contributed by atoms with Gasteiger partial charge in [-0.1, -0.05) is 61.7 Å². The Labute approximate surface area is 229 Å². The standard InChI is InChI=1S/C31H37N3O5/c35-26-21-39-29(25-10-2-1-3-11-25)33-34(26)20-22-12-14-24(15-13-22)27(23-8-4-5-9-23)28(36)32-19-7-6-16-31(17-18-31)30(37)38/h1-3,10-15,23,27H,4-9,16-21H2,(H,32,36)(H,37,38)/t27-/m0/s1. The summed E-state index contributed by atoms with van der Waals surface area (Å²) in [5.74, 6) is -0.287. The van der Waals surface area contributed by atoms with E-state index < -0.39 is 11.4 Å². The highest BCUT2D eigenvalue weighted by molar-refractivity contribution is 5.97. The Morgan fingerprint density at radius 3 is 2.44 bits per heavy atom. The summed E-state index contributed by atoms with van der Waals surface area (Å²) >= 11 is 0. The van der Waals surface area contributed by atoms with Gasteiger partial charge in [0.05, 0.1) is 17.9 Å². The number of rotatable bonds is 12. The first-order valence-electron chi connectivity index (χ1n) is 14.1. The number of aliphatic carboxylic acids is 1. The fourth-order valence-corrected chi connectivity index (χ4v) is 5.81. The summed E-state index contributed by atoms with van der Waals surface area (Å²) in [6.45, 7) is 0.848. The van der Waals surface area contributed by atoms with E-state index in [1.807, 2.05) is 54.6 Å². The predicted molar refractivity (Wildman–Crippen MR) is 147 cm³/mol. The van der Waals surface area contributed by atoms with Crippen molar-refractivity contribution in [2.45, 2.75) is 70.3 Å². The topological polar surface area (TPSA) is 108 Å². The zero-order valence-electron chi connectivity index (χ0n) is 22.3. The molecule has 2 aromatic rings. The van der Waals surface area contributed by atoms with Gasteiger partial charge in [-0.15, -0.1) is 5.10 Å². The predicted octanol–water partition coefficient (Wildman–Crippen LogP) is 4.83. The molecule has 2 saturated carbocycles. The monoisotopic (exact) mass is 531 g/mol. The number of unbranched alkanes of at least 4 members (excludes halogenated alkanes) is 1. The van der Waals surface area contributed by atoms with Crippen LogP contribution in [0.15, 0.2) is 59.7 Å². The molecule has 2 aliphatic carbocycles. The van der Waals surface area contributed by atoms with Crippen molar-refractivity contribution in [2.75, 3.05) is 13.2 Å². The van der Waals surface area contributed by atoms with Gasteiger partial charge in [-0.05, 0) is 67.7 Å². The minimum atomic E-state index is -0.683. The zero-order chi connectivity index (χ0) is 27.2. The quantitative estimate of drug-likeness (QED) is 0.381. The Kier molecular flexibility index (Phi) is 8.29. The summed E-state index contributed by atoms with van der Waals surface area (Å²) in [4.78, 5) is 37.2. The first-order chi connectivity index (χ1) is 18.9. The smallest absolute Gasteiger partial charge is 0.309 e. The van der Waals surface area contributed by atoms with Crippen molar-refractivity contribution < 1.29 is 24.2 Å². The molecule has 1 heterocycles. The number of hydrogen-bond donors (Lipinski definition) is 2. The number of benzene rings is 2. The van der Waals surface area contributed by atoms with Crippen LogP contribution in [0.2, 0.25) is 0 Å². The average Bonchev–Trinajstić information content (AvgIpc) is 3.56. The molecule has 3 aliphatic rings. The van der Waals surface area contributed by atoms with Crippen molar-refractivity contribution in [1.29, 1.82) is 0 Å². The molecule has 2 aromatic carbocycles. The maximum atomic E-state index is 13.3. The van der Waals surface area contributed by atoms with Crippen LogP contribution in [0.3, 0.4) is 0 Å². The average molecular weight is 532 g/mol. The lowest BCUT2D eigenvalue weighted by molar-refractivity contribution is -0.143. The van der Waals surface area contributed by atoms with E-state index in [-0.39, 0.29) is 24.3 Å². The van der Waals surface area contributed by atoms with Crippen LogP contribution in [0.5, 0.6) is 0 Å². The third-order valence-electron chi connectivity index (χ3n) is 8.37. The van der Waals surface area contributed by atoms with Gasteiger partial charge in [-0.2, -0.15) is 0 Å². The van der Waals surface area contributed by atoms with Crippen LogP contribution in [0, 0.1) is 11.3 Å². The van der Waals surface area contributed by atoms with Crippen LogP contribution in [0.4, 0.5) is 0 Å². The van der Waals surface area contributed by atoms with Gasteiger partial charge in [0.25, 0.3) is 5.91 Å². The first-order valence-corrected chi connectivity index (χ1v) is 14.1. The molecule has 206 valence electrons. The van der Waals surface area contributed by atoms with Crippen molar-refractivity contribution in [3.05, 3.63) is 71.3 Å². The number of amides is 2. The molecule has 2 fully saturated rings. The summed E-state index contributed by atoms with van der Waals surface area (Å²) in [5, 5.41) is 18.4. The third kappa shape index (κ3) is 6.49. The van der Waals surface area contributed by atoms with Crippen LogP contribution < -0.4 is 5.32 Å². The molecule has 0 radical (unpaired) electrons. The third-order valence-corrected chi connectivity index (χ3v) is 8.37. The fourth-order valence-electron chi connectivity index (χ4n) is 5.81. The molecule has 0 bridgehead atoms. The van der Waals surface area contributed by atoms with Crippen molar-refractivity contribution in [1.82, 2.24) is 10.3 Å². The zero-order valence-corrected chi connectivity index (χ0v) is 22.3. The molecule has 1 aliphatic heterocycles. The van der Waals surface area contributed by atoms with E-state index in [0.717, 1.165) is 68.1 Å². The first kappa shape index (κ1) is 26.9. The van der Waals surface area contributed by atoms with Gasteiger partial charge in [0.1, 0.15) is 0 Å². The molecule has 1 atom stereocenters. The summed E-state index contributed by atoms with van der Waals surface area (Å²) in [6.07, 6.45) is 8.20. The van der Waals surface area contributed by atoms with Gasteiger partial charge < -0.3 is 15.2 Å². The van der Waals surface area contributed by atoms with Gasteiger partial charge in [0, 0.05) is 12.1 Å². The molecule has 39 heavy (non-hydrogen) atoms. The van der Waals surface area contributed by atoms with Gasteiger partial charge >= 0.3 is 5.97 Å². The summed E-state index contributed by atoms with van der Waals surface area (Å²) < 4.78 is 5.54. The van der Waals surface area contributed by atoms with Crippen LogP contribution in [0.25, 0.3) is 0 Å². The van der Waals surface area contributed by atoms with Crippen molar-refractivity contribution in [3.63, 3.8) is 0 Å². The molecule has 8 heteroatoms. The van der Waals surface area contributed by atoms with Gasteiger partial charge in [-0.25, -0.2) is 5.01 Å². The lowest BCUT2D eigenvalue weighted by Gasteiger charge is -2.25. The van der Waals surface area contributed by atoms with Crippen LogP contribution in [-0.2, 0) is 25.7 Å². The molecule has 5 rings (SSSR count). The maximum Gasteiger partial charge on any atom is 0.309 e. The number of nitrogens with one attached hydrogen (secondary N) is 1. The summed E-state index contributed by atoms with van der Waals surface area (Å²) in [6, 6.07) is 17.5. The SMILES string of the molecule is O=C(NCCCCC1(C(=O)O)CC1)[C@H](c1ccc(CN2N=C(c3ccccc3)OCC2=O)cc1)C1CCCC1. The van der Waals surface area contributed by atoms with Crippen molar-refractivity contribution >= 4 is 23.7 Å². The highest BCUT2D eigenvalue weighted by atomic mass is 16.5. The molecule has 0 spiro atoms. The highest BCUT2D eigenvalue weighted by Crippen LogP contribution is 2.50. The Hall–Kier alpha value is -3.68. The van der Waals surface area contributed by atoms with E-state index in [1.54, 1.807) is 0 Å². The number of hydrazone groups is 1. The molecule has 0 saturated heterocycles. The Morgan fingerprint density at radius 2 is 1.77 bits per heavy atom. The lowest BCUT2D eigenvalue weighted by atomic mass is 9.83. The van der Waals surface area contributed by atoms with Crippen molar-refractivity contribution in [2.24, 2.45) is 16.4 Å². The Bertz CT molecular complexity index is 1200. The second-order valence-electron chi connectivity index (χ2n) is 11.1. The number of hydrogen-bond acceptors (Lipinski definition) is 5. The van der Waals surface area contributed by atoms with Crippen LogP contribution in [0.1, 0.15) is 80.4 Å². The fraction of sp³-hybridized carbons (Fsp3) is 0.484. The molecule has 8 nitrogen and oxygen atoms in total. The maximum absolute atomic E-state index is 13.3. The second-order valence-corrected chi connectivity index (χ2v) is 11.1. The number of carbonyl (C=O) groups is 3. The van der Waals surface area contributed by atoms with E-state index in [0.29, 0.717) is 31.3 Å². The van der Waals surface area contributed by atoms with E-state index in [1.165, 1.54) is 5.01 Å². The Morgan fingerprint density at radius 1 is 1.05 bits per heavy atom. The van der Waals surface area contributed by atoms with Gasteiger partial charge in [0.2, 0.25) is 11.8 Å². The van der Waals surface area contributed by atoms with E-state index >= 15 is 0 Å². The summed E-state index contributed by atoms with van der Waals surface area (Å²) in [7, 11) is 0. The highest BCUT2D eigenvalue weighted by Gasteiger charge is 2.49. The van der Waals surface area contributed by atoms with E-state index in [4.69, 9.17) is 4.74 Å². The lowest BCUT2D eigenvalue weighted by Crippen LogP contribution is -2.36. The Balaban J connectivity index is 1.20. The van der Waals surface area contributed by atoms with Crippen molar-refractivity contribution in [3.8, 4) is 0 Å². The minimum Gasteiger partial charge on any atom is -0.481 e. The number of carboxylic acids is 1. The summed E-state index contributed by atoms with van der Waals surface area (Å²) in [5.41, 5.74) is 2.25. The molecule has 0 aromatic heterocycles. The normalized spacial score (nSPS) is 19.2. The largest absolute Gasteiger partial charge is 0.481 e. The number of carbonyl (C=O) groups excluding carboxylic acids is 2. The number of nitrogens with zero attached hydrogens (tertiary/aromatic N) is 2. The molecule has 0 unspecified atom stereocenters. The van der Waals surface area contributed by atoms with Gasteiger partial charge in [0.15, 0.2) is 6.61 Å². The number of ether oxygens (including phenoxy) is 1.